The van der Waals surface area contributed by atoms with Crippen LogP contribution in [0.5, 0.6) is 0 Å². The number of anilines is 1. The largest absolute Gasteiger partial charge is 0.325 e. The third-order valence-corrected chi connectivity index (χ3v) is 2.49. The minimum atomic E-state index is -0.582. The van der Waals surface area contributed by atoms with E-state index in [0.717, 1.165) is 0 Å². The van der Waals surface area contributed by atoms with Gasteiger partial charge in [0.05, 0.1) is 9.75 Å². The SMILES string of the molecule is CC(Br)C(=O)Nc1ccc([N+](=O)[O-])c(Cl)c1. The van der Waals surface area contributed by atoms with Crippen LogP contribution in [0.25, 0.3) is 0 Å². The van der Waals surface area contributed by atoms with E-state index < -0.39 is 4.92 Å². The number of benzene rings is 1. The van der Waals surface area contributed by atoms with Crippen molar-refractivity contribution < 1.29 is 9.72 Å². The Bertz CT molecular complexity index is 437. The van der Waals surface area contributed by atoms with Crippen LogP contribution in [0.1, 0.15) is 6.92 Å². The van der Waals surface area contributed by atoms with Gasteiger partial charge in [0.1, 0.15) is 5.02 Å². The molecule has 0 saturated heterocycles. The summed E-state index contributed by atoms with van der Waals surface area (Å²) in [6.45, 7) is 1.67. The van der Waals surface area contributed by atoms with Crippen molar-refractivity contribution >= 4 is 44.8 Å². The number of carbonyl (C=O) groups excluding carboxylic acids is 1. The number of halogens is 2. The van der Waals surface area contributed by atoms with Crippen LogP contribution in [0.2, 0.25) is 5.02 Å². The molecule has 0 radical (unpaired) electrons. The molecule has 1 N–H and O–H groups in total. The summed E-state index contributed by atoms with van der Waals surface area (Å²) >= 11 is 8.78. The van der Waals surface area contributed by atoms with Gasteiger partial charge in [-0.05, 0) is 19.1 Å². The second kappa shape index (κ2) is 5.27. The van der Waals surface area contributed by atoms with Gasteiger partial charge in [-0.1, -0.05) is 27.5 Å². The highest BCUT2D eigenvalue weighted by atomic mass is 79.9. The van der Waals surface area contributed by atoms with E-state index in [9.17, 15) is 14.9 Å². The van der Waals surface area contributed by atoms with Crippen molar-refractivity contribution in [2.45, 2.75) is 11.8 Å². The summed E-state index contributed by atoms with van der Waals surface area (Å²) in [5, 5.41) is 13.0. The number of hydrogen-bond donors (Lipinski definition) is 1. The van der Waals surface area contributed by atoms with E-state index in [1.165, 1.54) is 18.2 Å². The molecule has 0 saturated carbocycles. The maximum atomic E-state index is 11.3. The Kier molecular flexibility index (Phi) is 4.26. The van der Waals surface area contributed by atoms with Gasteiger partial charge in [-0.25, -0.2) is 0 Å². The van der Waals surface area contributed by atoms with Crippen LogP contribution < -0.4 is 5.32 Å². The van der Waals surface area contributed by atoms with Crippen LogP contribution in [0.3, 0.4) is 0 Å². The fourth-order valence-corrected chi connectivity index (χ4v) is 1.34. The third-order valence-electron chi connectivity index (χ3n) is 1.77. The Labute approximate surface area is 105 Å². The van der Waals surface area contributed by atoms with Crippen molar-refractivity contribution in [3.05, 3.63) is 33.3 Å². The minimum Gasteiger partial charge on any atom is -0.325 e. The molecule has 1 atom stereocenters. The molecule has 1 aromatic carbocycles. The summed E-state index contributed by atoms with van der Waals surface area (Å²) in [7, 11) is 0. The number of nitro groups is 1. The molecule has 5 nitrogen and oxygen atoms in total. The number of carbonyl (C=O) groups is 1. The van der Waals surface area contributed by atoms with Crippen molar-refractivity contribution in [1.82, 2.24) is 0 Å². The van der Waals surface area contributed by atoms with Gasteiger partial charge in [-0.2, -0.15) is 0 Å². The first-order valence-electron chi connectivity index (χ1n) is 4.30. The monoisotopic (exact) mass is 306 g/mol. The van der Waals surface area contributed by atoms with Crippen LogP contribution in [-0.4, -0.2) is 15.7 Å². The summed E-state index contributed by atoms with van der Waals surface area (Å²) in [5.41, 5.74) is 0.235. The lowest BCUT2D eigenvalue weighted by Crippen LogP contribution is -2.19. The maximum Gasteiger partial charge on any atom is 0.288 e. The molecule has 0 aromatic heterocycles. The lowest BCUT2D eigenvalue weighted by atomic mass is 10.2. The molecular formula is C9H8BrClN2O3. The maximum absolute atomic E-state index is 11.3. The molecule has 86 valence electrons. The lowest BCUT2D eigenvalue weighted by molar-refractivity contribution is -0.384. The normalized spacial score (nSPS) is 11.9. The topological polar surface area (TPSA) is 72.2 Å². The second-order valence-corrected chi connectivity index (χ2v) is 4.81. The molecule has 0 bridgehead atoms. The first-order chi connectivity index (χ1) is 7.41. The van der Waals surface area contributed by atoms with Crippen LogP contribution >= 0.6 is 27.5 Å². The molecule has 1 amide bonds. The van der Waals surface area contributed by atoms with Crippen LogP contribution in [0, 0.1) is 10.1 Å². The van der Waals surface area contributed by atoms with E-state index in [1.54, 1.807) is 6.92 Å². The standard InChI is InChI=1S/C9H8BrClN2O3/c1-5(10)9(14)12-6-2-3-8(13(15)16)7(11)4-6/h2-5H,1H3,(H,12,14). The van der Waals surface area contributed by atoms with Crippen molar-refractivity contribution in [3.8, 4) is 0 Å². The number of nitro benzene ring substituents is 1. The number of hydrogen-bond acceptors (Lipinski definition) is 3. The molecule has 0 heterocycles. The highest BCUT2D eigenvalue weighted by Crippen LogP contribution is 2.27. The molecule has 0 aliphatic carbocycles. The number of amides is 1. The molecule has 0 aliphatic rings. The van der Waals surface area contributed by atoms with E-state index >= 15 is 0 Å². The predicted octanol–water partition coefficient (Wildman–Crippen LogP) is 2.97. The molecule has 1 unspecified atom stereocenters. The van der Waals surface area contributed by atoms with Gasteiger partial charge in [0, 0.05) is 11.8 Å². The van der Waals surface area contributed by atoms with Crippen LogP contribution in [0.4, 0.5) is 11.4 Å². The average molecular weight is 308 g/mol. The third kappa shape index (κ3) is 3.18. The highest BCUT2D eigenvalue weighted by molar-refractivity contribution is 9.10. The van der Waals surface area contributed by atoms with Gasteiger partial charge in [0.2, 0.25) is 5.91 Å². The zero-order valence-corrected chi connectivity index (χ0v) is 10.6. The molecule has 0 spiro atoms. The molecule has 0 fully saturated rings. The zero-order valence-electron chi connectivity index (χ0n) is 8.24. The fourth-order valence-electron chi connectivity index (χ4n) is 0.974. The Morgan fingerprint density at radius 3 is 2.69 bits per heavy atom. The molecule has 1 rings (SSSR count). The van der Waals surface area contributed by atoms with Gasteiger partial charge in [0.15, 0.2) is 0 Å². The van der Waals surface area contributed by atoms with Crippen LogP contribution in [0.15, 0.2) is 18.2 Å². The van der Waals surface area contributed by atoms with E-state index in [-0.39, 0.29) is 21.4 Å². The Hall–Kier alpha value is -1.14. The molecular weight excluding hydrogens is 299 g/mol. The first kappa shape index (κ1) is 12.9. The molecule has 1 aromatic rings. The van der Waals surface area contributed by atoms with Crippen molar-refractivity contribution in [1.29, 1.82) is 0 Å². The van der Waals surface area contributed by atoms with Gasteiger partial charge >= 0.3 is 0 Å². The summed E-state index contributed by atoms with van der Waals surface area (Å²) in [6, 6.07) is 4.01. The zero-order chi connectivity index (χ0) is 12.3. The Morgan fingerprint density at radius 1 is 1.62 bits per heavy atom. The second-order valence-electron chi connectivity index (χ2n) is 3.03. The smallest absolute Gasteiger partial charge is 0.288 e. The summed E-state index contributed by atoms with van der Waals surface area (Å²) in [6.07, 6.45) is 0. The number of nitrogens with zero attached hydrogens (tertiary/aromatic N) is 1. The van der Waals surface area contributed by atoms with Crippen molar-refractivity contribution in [2.75, 3.05) is 5.32 Å². The van der Waals surface area contributed by atoms with Crippen molar-refractivity contribution in [2.24, 2.45) is 0 Å². The lowest BCUT2D eigenvalue weighted by Gasteiger charge is -2.06. The summed E-state index contributed by atoms with van der Waals surface area (Å²) < 4.78 is 0. The minimum absolute atomic E-state index is 0.00924. The van der Waals surface area contributed by atoms with E-state index in [0.29, 0.717) is 5.69 Å². The quantitative estimate of drug-likeness (QED) is 0.530. The summed E-state index contributed by atoms with van der Waals surface area (Å²) in [5.74, 6) is -0.245. The average Bonchev–Trinajstić information content (AvgIpc) is 2.16. The Morgan fingerprint density at radius 2 is 2.25 bits per heavy atom. The van der Waals surface area contributed by atoms with Gasteiger partial charge in [-0.3, -0.25) is 14.9 Å². The van der Waals surface area contributed by atoms with Crippen LogP contribution in [-0.2, 0) is 4.79 Å². The van der Waals surface area contributed by atoms with E-state index in [2.05, 4.69) is 21.2 Å². The molecule has 16 heavy (non-hydrogen) atoms. The highest BCUT2D eigenvalue weighted by Gasteiger charge is 2.14. The molecule has 7 heteroatoms. The summed E-state index contributed by atoms with van der Waals surface area (Å²) in [4.78, 5) is 20.9. The predicted molar refractivity (Wildman–Crippen MR) is 65.1 cm³/mol. The Balaban J connectivity index is 2.90. The van der Waals surface area contributed by atoms with Gasteiger partial charge in [0.25, 0.3) is 5.69 Å². The van der Waals surface area contributed by atoms with Crippen molar-refractivity contribution in [3.63, 3.8) is 0 Å². The fraction of sp³-hybridized carbons (Fsp3) is 0.222. The van der Waals surface area contributed by atoms with E-state index in [1.807, 2.05) is 0 Å². The number of rotatable bonds is 3. The van der Waals surface area contributed by atoms with Gasteiger partial charge in [-0.15, -0.1) is 0 Å². The number of alkyl halides is 1. The molecule has 0 aliphatic heterocycles. The first-order valence-corrected chi connectivity index (χ1v) is 5.60. The van der Waals surface area contributed by atoms with Gasteiger partial charge < -0.3 is 5.32 Å². The van der Waals surface area contributed by atoms with E-state index in [4.69, 9.17) is 11.6 Å². The number of nitrogens with one attached hydrogen (secondary N) is 1.